The van der Waals surface area contributed by atoms with E-state index in [4.69, 9.17) is 5.73 Å². The number of nitrogen functional groups attached to an aromatic ring is 1. The van der Waals surface area contributed by atoms with E-state index >= 15 is 0 Å². The van der Waals surface area contributed by atoms with Gasteiger partial charge in [-0.15, -0.1) is 0 Å². The van der Waals surface area contributed by atoms with E-state index in [1.54, 1.807) is 12.3 Å². The van der Waals surface area contributed by atoms with Crippen molar-refractivity contribution in [1.29, 1.82) is 0 Å². The van der Waals surface area contributed by atoms with Crippen molar-refractivity contribution in [1.82, 2.24) is 15.2 Å². The minimum Gasteiger partial charge on any atom is -0.397 e. The first kappa shape index (κ1) is 12.5. The van der Waals surface area contributed by atoms with Crippen LogP contribution in [-0.2, 0) is 0 Å². The van der Waals surface area contributed by atoms with E-state index in [0.717, 1.165) is 18.6 Å². The van der Waals surface area contributed by atoms with Gasteiger partial charge in [0.15, 0.2) is 0 Å². The molecule has 2 saturated heterocycles. The van der Waals surface area contributed by atoms with Gasteiger partial charge in [0.25, 0.3) is 5.91 Å². The molecule has 3 rings (SSSR count). The van der Waals surface area contributed by atoms with Gasteiger partial charge in [0.2, 0.25) is 0 Å². The van der Waals surface area contributed by atoms with Crippen molar-refractivity contribution in [2.24, 2.45) is 5.92 Å². The van der Waals surface area contributed by atoms with Gasteiger partial charge in [0.05, 0.1) is 0 Å². The lowest BCUT2D eigenvalue weighted by Crippen LogP contribution is -2.43. The smallest absolute Gasteiger partial charge is 0.267 e. The molecule has 1 amide bonds. The lowest BCUT2D eigenvalue weighted by atomic mass is 9.91. The minimum atomic E-state index is -0.0528. The molecule has 1 aromatic rings. The van der Waals surface area contributed by atoms with Gasteiger partial charge in [-0.2, -0.15) is 0 Å². The number of nitrogens with zero attached hydrogens (tertiary/aromatic N) is 1. The summed E-state index contributed by atoms with van der Waals surface area (Å²) in [7, 11) is 2.23. The van der Waals surface area contributed by atoms with Crippen molar-refractivity contribution in [3.05, 3.63) is 18.0 Å². The number of amides is 1. The Bertz CT molecular complexity index is 456. The molecule has 2 atom stereocenters. The second kappa shape index (κ2) is 4.89. The van der Waals surface area contributed by atoms with Crippen molar-refractivity contribution >= 4 is 11.6 Å². The molecule has 0 aliphatic carbocycles. The number of carbonyl (C=O) groups is 1. The number of aromatic nitrogens is 1. The molecule has 104 valence electrons. The molecule has 0 saturated carbocycles. The first-order valence-corrected chi connectivity index (χ1v) is 7.07. The van der Waals surface area contributed by atoms with E-state index in [2.05, 4.69) is 22.2 Å². The largest absolute Gasteiger partial charge is 0.397 e. The van der Waals surface area contributed by atoms with Crippen LogP contribution in [0, 0.1) is 5.92 Å². The van der Waals surface area contributed by atoms with E-state index in [-0.39, 0.29) is 5.91 Å². The van der Waals surface area contributed by atoms with Crippen LogP contribution in [0.25, 0.3) is 0 Å². The summed E-state index contributed by atoms with van der Waals surface area (Å²) < 4.78 is 0. The monoisotopic (exact) mass is 262 g/mol. The second-order valence-electron chi connectivity index (χ2n) is 5.94. The Hall–Kier alpha value is -1.49. The van der Waals surface area contributed by atoms with Gasteiger partial charge >= 0.3 is 0 Å². The zero-order valence-corrected chi connectivity index (χ0v) is 11.4. The normalized spacial score (nSPS) is 30.5. The highest BCUT2D eigenvalue weighted by atomic mass is 16.1. The molecule has 5 heteroatoms. The number of piperidine rings is 1. The van der Waals surface area contributed by atoms with E-state index in [0.29, 0.717) is 17.3 Å². The number of hydrogen-bond donors (Lipinski definition) is 3. The van der Waals surface area contributed by atoms with Crippen LogP contribution in [0.1, 0.15) is 36.2 Å². The summed E-state index contributed by atoms with van der Waals surface area (Å²) in [6.45, 7) is 0.776. The lowest BCUT2D eigenvalue weighted by Gasteiger charge is -2.36. The first-order chi connectivity index (χ1) is 9.13. The summed E-state index contributed by atoms with van der Waals surface area (Å²) in [6.07, 6.45) is 6.70. The summed E-state index contributed by atoms with van der Waals surface area (Å²) in [4.78, 5) is 17.3. The van der Waals surface area contributed by atoms with Crippen molar-refractivity contribution in [2.75, 3.05) is 19.3 Å². The third-order valence-electron chi connectivity index (χ3n) is 4.70. The number of carbonyl (C=O) groups excluding carboxylic acids is 1. The van der Waals surface area contributed by atoms with Crippen LogP contribution in [0.2, 0.25) is 0 Å². The summed E-state index contributed by atoms with van der Waals surface area (Å²) in [5, 5.41) is 3.02. The fraction of sp³-hybridized carbons (Fsp3) is 0.643. The average Bonchev–Trinajstić information content (AvgIpc) is 2.88. The molecule has 1 aromatic heterocycles. The highest BCUT2D eigenvalue weighted by Gasteiger charge is 2.38. The highest BCUT2D eigenvalue weighted by Crippen LogP contribution is 2.36. The molecular formula is C14H22N4O. The zero-order valence-electron chi connectivity index (χ0n) is 11.4. The van der Waals surface area contributed by atoms with Gasteiger partial charge < -0.3 is 20.9 Å². The first-order valence-electron chi connectivity index (χ1n) is 7.07. The number of rotatable bonds is 3. The molecule has 2 unspecified atom stereocenters. The number of aromatic amines is 1. The predicted octanol–water partition coefficient (Wildman–Crippen LogP) is 1.20. The Balaban J connectivity index is 1.52. The highest BCUT2D eigenvalue weighted by molar-refractivity contribution is 5.93. The molecule has 2 bridgehead atoms. The minimum absolute atomic E-state index is 0.0528. The summed E-state index contributed by atoms with van der Waals surface area (Å²) in [5.74, 6) is 0.563. The maximum atomic E-state index is 11.9. The van der Waals surface area contributed by atoms with Crippen molar-refractivity contribution in [2.45, 2.75) is 37.8 Å². The van der Waals surface area contributed by atoms with Gasteiger partial charge in [0.1, 0.15) is 5.69 Å². The van der Waals surface area contributed by atoms with Crippen LogP contribution >= 0.6 is 0 Å². The van der Waals surface area contributed by atoms with Crippen molar-refractivity contribution in [3.8, 4) is 0 Å². The van der Waals surface area contributed by atoms with Gasteiger partial charge in [0, 0.05) is 30.5 Å². The number of nitrogens with one attached hydrogen (secondary N) is 2. The molecule has 5 nitrogen and oxygen atoms in total. The van der Waals surface area contributed by atoms with E-state index < -0.39 is 0 Å². The van der Waals surface area contributed by atoms with Crippen LogP contribution in [-0.4, -0.2) is 41.5 Å². The fourth-order valence-corrected chi connectivity index (χ4v) is 3.57. The van der Waals surface area contributed by atoms with Crippen LogP contribution in [0.5, 0.6) is 0 Å². The number of nitrogens with two attached hydrogens (primary N) is 1. The molecule has 2 aliphatic rings. The summed E-state index contributed by atoms with van der Waals surface area (Å²) in [6, 6.07) is 3.12. The third-order valence-corrected chi connectivity index (χ3v) is 4.70. The Morgan fingerprint density at radius 1 is 1.47 bits per heavy atom. The number of H-pyrrole nitrogens is 1. The molecule has 2 aliphatic heterocycles. The van der Waals surface area contributed by atoms with Gasteiger partial charge in [-0.25, -0.2) is 0 Å². The quantitative estimate of drug-likeness (QED) is 0.766. The van der Waals surface area contributed by atoms with Gasteiger partial charge in [-0.05, 0) is 44.7 Å². The predicted molar refractivity (Wildman–Crippen MR) is 74.8 cm³/mol. The number of fused-ring (bicyclic) bond motifs is 2. The molecular weight excluding hydrogens is 240 g/mol. The SMILES string of the molecule is CN1C2CCC1CC(CNC(=O)c1cc(N)c[nH]1)C2. The lowest BCUT2D eigenvalue weighted by molar-refractivity contribution is 0.0913. The topological polar surface area (TPSA) is 74.2 Å². The molecule has 3 heterocycles. The molecule has 0 aromatic carbocycles. The second-order valence-corrected chi connectivity index (χ2v) is 5.94. The van der Waals surface area contributed by atoms with Crippen molar-refractivity contribution < 1.29 is 4.79 Å². The summed E-state index contributed by atoms with van der Waals surface area (Å²) in [5.41, 5.74) is 6.75. The van der Waals surface area contributed by atoms with Gasteiger partial charge in [-0.1, -0.05) is 0 Å². The van der Waals surface area contributed by atoms with Crippen LogP contribution in [0.15, 0.2) is 12.3 Å². The van der Waals surface area contributed by atoms with Gasteiger partial charge in [-0.3, -0.25) is 4.79 Å². The van der Waals surface area contributed by atoms with E-state index in [9.17, 15) is 4.79 Å². The molecule has 19 heavy (non-hydrogen) atoms. The number of anilines is 1. The maximum Gasteiger partial charge on any atom is 0.267 e. The van der Waals surface area contributed by atoms with Crippen LogP contribution < -0.4 is 11.1 Å². The Morgan fingerprint density at radius 3 is 2.74 bits per heavy atom. The molecule has 4 N–H and O–H groups in total. The summed E-state index contributed by atoms with van der Waals surface area (Å²) >= 11 is 0. The fourth-order valence-electron chi connectivity index (χ4n) is 3.57. The van der Waals surface area contributed by atoms with E-state index in [1.165, 1.54) is 25.7 Å². The Labute approximate surface area is 113 Å². The van der Waals surface area contributed by atoms with Crippen LogP contribution in [0.4, 0.5) is 5.69 Å². The standard InChI is InChI=1S/C14H22N4O/c1-18-11-2-3-12(18)5-9(4-11)7-17-14(19)13-6-10(15)8-16-13/h6,8-9,11-12,16H,2-5,7,15H2,1H3,(H,17,19). The third kappa shape index (κ3) is 2.47. The van der Waals surface area contributed by atoms with Crippen molar-refractivity contribution in [3.63, 3.8) is 0 Å². The molecule has 2 fully saturated rings. The van der Waals surface area contributed by atoms with Crippen LogP contribution in [0.3, 0.4) is 0 Å². The Kier molecular flexibility index (Phi) is 3.22. The number of hydrogen-bond acceptors (Lipinski definition) is 3. The zero-order chi connectivity index (χ0) is 13.4. The molecule has 0 radical (unpaired) electrons. The maximum absolute atomic E-state index is 11.9. The molecule has 0 spiro atoms. The van der Waals surface area contributed by atoms with E-state index in [1.807, 2.05) is 0 Å². The average molecular weight is 262 g/mol. The Morgan fingerprint density at radius 2 is 2.16 bits per heavy atom.